The number of amides is 1. The van der Waals surface area contributed by atoms with Gasteiger partial charge in [-0.15, -0.1) is 11.3 Å². The predicted octanol–water partition coefficient (Wildman–Crippen LogP) is 4.11. The van der Waals surface area contributed by atoms with Crippen LogP contribution in [0.4, 0.5) is 0 Å². The van der Waals surface area contributed by atoms with Crippen LogP contribution in [0, 0.1) is 18.3 Å². The van der Waals surface area contributed by atoms with E-state index in [4.69, 9.17) is 5.26 Å². The van der Waals surface area contributed by atoms with Gasteiger partial charge in [-0.2, -0.15) is 5.26 Å². The quantitative estimate of drug-likeness (QED) is 0.389. The molecule has 30 heavy (non-hydrogen) atoms. The number of carbonyl (C=O) groups is 1. The number of hydrogen-bond acceptors (Lipinski definition) is 6. The molecule has 8 heteroatoms. The van der Waals surface area contributed by atoms with Crippen molar-refractivity contribution in [1.29, 1.82) is 5.26 Å². The van der Waals surface area contributed by atoms with E-state index in [2.05, 4.69) is 11.1 Å². The van der Waals surface area contributed by atoms with Gasteiger partial charge in [0.25, 0.3) is 11.5 Å². The minimum absolute atomic E-state index is 0.0676. The Morgan fingerprint density at radius 2 is 1.97 bits per heavy atom. The van der Waals surface area contributed by atoms with Crippen LogP contribution in [-0.4, -0.2) is 39.2 Å². The monoisotopic (exact) mass is 440 g/mol. The number of thioether (sulfide) groups is 1. The van der Waals surface area contributed by atoms with Crippen molar-refractivity contribution in [2.75, 3.05) is 18.8 Å². The standard InChI is InChI=1S/C22H24N4O2S2/c1-4-25(5-2)21(28)18-15(3)17-19(30-18)24-22(29-14-12-23)26(20(17)27)13-11-16-9-7-6-8-10-16/h6-10H,4-5,11,13-14H2,1-3H3. The molecular weight excluding hydrogens is 416 g/mol. The van der Waals surface area contributed by atoms with Crippen molar-refractivity contribution in [3.63, 3.8) is 0 Å². The maximum Gasteiger partial charge on any atom is 0.264 e. The molecule has 1 aromatic carbocycles. The van der Waals surface area contributed by atoms with Crippen LogP contribution in [0.3, 0.4) is 0 Å². The molecule has 0 atom stereocenters. The zero-order valence-corrected chi connectivity index (χ0v) is 19.0. The number of nitriles is 1. The van der Waals surface area contributed by atoms with E-state index in [9.17, 15) is 9.59 Å². The van der Waals surface area contributed by atoms with Gasteiger partial charge in [0.15, 0.2) is 5.16 Å². The second kappa shape index (κ2) is 9.92. The van der Waals surface area contributed by atoms with Crippen LogP contribution in [0.2, 0.25) is 0 Å². The molecule has 3 aromatic rings. The minimum Gasteiger partial charge on any atom is -0.338 e. The van der Waals surface area contributed by atoms with Crippen LogP contribution in [0.1, 0.15) is 34.6 Å². The van der Waals surface area contributed by atoms with Gasteiger partial charge in [-0.3, -0.25) is 14.2 Å². The Labute approximate surface area is 184 Å². The molecular formula is C22H24N4O2S2. The third-order valence-corrected chi connectivity index (χ3v) is 7.01. The van der Waals surface area contributed by atoms with E-state index >= 15 is 0 Å². The fraction of sp³-hybridized carbons (Fsp3) is 0.364. The molecule has 0 bridgehead atoms. The number of aryl methyl sites for hydroxylation is 2. The molecule has 2 heterocycles. The van der Waals surface area contributed by atoms with Crippen molar-refractivity contribution in [2.45, 2.75) is 38.9 Å². The second-order valence-electron chi connectivity index (χ2n) is 6.75. The van der Waals surface area contributed by atoms with Crippen LogP contribution in [0.5, 0.6) is 0 Å². The van der Waals surface area contributed by atoms with Crippen molar-refractivity contribution in [1.82, 2.24) is 14.5 Å². The minimum atomic E-state index is -0.149. The maximum absolute atomic E-state index is 13.4. The Morgan fingerprint density at radius 3 is 2.60 bits per heavy atom. The molecule has 0 aliphatic carbocycles. The second-order valence-corrected chi connectivity index (χ2v) is 8.69. The molecule has 0 saturated carbocycles. The molecule has 2 aromatic heterocycles. The highest BCUT2D eigenvalue weighted by atomic mass is 32.2. The Morgan fingerprint density at radius 1 is 1.27 bits per heavy atom. The highest BCUT2D eigenvalue weighted by molar-refractivity contribution is 7.99. The number of carbonyl (C=O) groups excluding carboxylic acids is 1. The third-order valence-electron chi connectivity index (χ3n) is 4.99. The first-order valence-electron chi connectivity index (χ1n) is 9.88. The van der Waals surface area contributed by atoms with Crippen LogP contribution in [0.15, 0.2) is 40.3 Å². The van der Waals surface area contributed by atoms with Crippen LogP contribution in [0.25, 0.3) is 10.2 Å². The van der Waals surface area contributed by atoms with Gasteiger partial charge >= 0.3 is 0 Å². The first-order valence-corrected chi connectivity index (χ1v) is 11.7. The fourth-order valence-corrected chi connectivity index (χ4v) is 5.22. The van der Waals surface area contributed by atoms with Crippen molar-refractivity contribution < 1.29 is 4.79 Å². The maximum atomic E-state index is 13.4. The molecule has 0 spiro atoms. The van der Waals surface area contributed by atoms with Gasteiger partial charge < -0.3 is 4.90 Å². The molecule has 1 amide bonds. The Kier molecular flexibility index (Phi) is 7.29. The van der Waals surface area contributed by atoms with Crippen molar-refractivity contribution >= 4 is 39.2 Å². The Bertz CT molecular complexity index is 1140. The lowest BCUT2D eigenvalue weighted by Crippen LogP contribution is -2.30. The molecule has 0 aliphatic heterocycles. The fourth-order valence-electron chi connectivity index (χ4n) is 3.35. The summed E-state index contributed by atoms with van der Waals surface area (Å²) in [5.74, 6) is 0.140. The van der Waals surface area contributed by atoms with Gasteiger partial charge in [0.05, 0.1) is 22.1 Å². The predicted molar refractivity (Wildman–Crippen MR) is 122 cm³/mol. The lowest BCUT2D eigenvalue weighted by atomic mass is 10.1. The van der Waals surface area contributed by atoms with E-state index < -0.39 is 0 Å². The molecule has 0 fully saturated rings. The van der Waals surface area contributed by atoms with E-state index in [0.717, 1.165) is 5.56 Å². The normalized spacial score (nSPS) is 10.9. The zero-order valence-electron chi connectivity index (χ0n) is 17.3. The largest absolute Gasteiger partial charge is 0.338 e. The summed E-state index contributed by atoms with van der Waals surface area (Å²) >= 11 is 2.52. The number of hydrogen-bond donors (Lipinski definition) is 0. The number of nitrogens with zero attached hydrogens (tertiary/aromatic N) is 4. The zero-order chi connectivity index (χ0) is 21.7. The molecule has 156 valence electrons. The van der Waals surface area contributed by atoms with Gasteiger partial charge in [0.2, 0.25) is 0 Å². The highest BCUT2D eigenvalue weighted by Crippen LogP contribution is 2.30. The summed E-state index contributed by atoms with van der Waals surface area (Å²) in [7, 11) is 0. The molecule has 3 rings (SSSR count). The summed E-state index contributed by atoms with van der Waals surface area (Å²) in [4.78, 5) is 33.9. The van der Waals surface area contributed by atoms with Crippen molar-refractivity contribution in [3.05, 3.63) is 56.7 Å². The van der Waals surface area contributed by atoms with Crippen LogP contribution >= 0.6 is 23.1 Å². The van der Waals surface area contributed by atoms with E-state index in [0.29, 0.717) is 51.9 Å². The van der Waals surface area contributed by atoms with E-state index in [1.54, 1.807) is 9.47 Å². The SMILES string of the molecule is CCN(CC)C(=O)c1sc2nc(SCC#N)n(CCc3ccccc3)c(=O)c2c1C. The number of rotatable bonds is 8. The van der Waals surface area contributed by atoms with Gasteiger partial charge in [-0.1, -0.05) is 42.1 Å². The first kappa shape index (κ1) is 22.1. The lowest BCUT2D eigenvalue weighted by Gasteiger charge is -2.17. The summed E-state index contributed by atoms with van der Waals surface area (Å²) in [6.45, 7) is 7.39. The number of fused-ring (bicyclic) bond motifs is 1. The Hall–Kier alpha value is -2.63. The molecule has 0 radical (unpaired) electrons. The molecule has 0 unspecified atom stereocenters. The number of benzene rings is 1. The van der Waals surface area contributed by atoms with Crippen molar-refractivity contribution in [2.24, 2.45) is 0 Å². The Balaban J connectivity index is 2.09. The topological polar surface area (TPSA) is 79.0 Å². The van der Waals surface area contributed by atoms with Crippen molar-refractivity contribution in [3.8, 4) is 6.07 Å². The van der Waals surface area contributed by atoms with E-state index in [1.807, 2.05) is 51.1 Å². The van der Waals surface area contributed by atoms with Gasteiger partial charge in [-0.05, 0) is 38.3 Å². The summed E-state index contributed by atoms with van der Waals surface area (Å²) in [6.07, 6.45) is 0.683. The first-order chi connectivity index (χ1) is 14.5. The van der Waals surface area contributed by atoms with Gasteiger partial charge in [0.1, 0.15) is 4.83 Å². The summed E-state index contributed by atoms with van der Waals surface area (Å²) in [6, 6.07) is 12.0. The molecule has 0 aliphatic rings. The highest BCUT2D eigenvalue weighted by Gasteiger charge is 2.24. The average Bonchev–Trinajstić information content (AvgIpc) is 3.09. The summed E-state index contributed by atoms with van der Waals surface area (Å²) < 4.78 is 1.64. The lowest BCUT2D eigenvalue weighted by molar-refractivity contribution is 0.0777. The van der Waals surface area contributed by atoms with Crippen LogP contribution in [-0.2, 0) is 13.0 Å². The van der Waals surface area contributed by atoms with Gasteiger partial charge in [0, 0.05) is 19.6 Å². The smallest absolute Gasteiger partial charge is 0.264 e. The number of thiophene rings is 1. The molecule has 0 saturated heterocycles. The summed E-state index contributed by atoms with van der Waals surface area (Å²) in [5.41, 5.74) is 1.67. The number of aromatic nitrogens is 2. The van der Waals surface area contributed by atoms with E-state index in [1.165, 1.54) is 23.1 Å². The summed E-state index contributed by atoms with van der Waals surface area (Å²) in [5, 5.41) is 10.0. The third kappa shape index (κ3) is 4.42. The van der Waals surface area contributed by atoms with Gasteiger partial charge in [-0.25, -0.2) is 4.98 Å². The van der Waals surface area contributed by atoms with E-state index in [-0.39, 0.29) is 17.2 Å². The average molecular weight is 441 g/mol. The van der Waals surface area contributed by atoms with Crippen LogP contribution < -0.4 is 5.56 Å². The molecule has 6 nitrogen and oxygen atoms in total. The molecule has 0 N–H and O–H groups in total.